The van der Waals surface area contributed by atoms with Crippen LogP contribution in [0.25, 0.3) is 0 Å². The van der Waals surface area contributed by atoms with E-state index in [9.17, 15) is 0 Å². The molecule has 0 saturated carbocycles. The van der Waals surface area contributed by atoms with Crippen molar-refractivity contribution in [3.05, 3.63) is 35.4 Å². The number of nitrogens with zero attached hydrogens (tertiary/aromatic N) is 1. The second kappa shape index (κ2) is 6.78. The summed E-state index contributed by atoms with van der Waals surface area (Å²) in [5, 5.41) is 0. The molecule has 3 heteroatoms. The molecule has 1 heterocycles. The van der Waals surface area contributed by atoms with Crippen molar-refractivity contribution >= 4 is 11.8 Å². The number of hydrogen-bond donors (Lipinski definition) is 1. The monoisotopic (exact) mass is 278 g/mol. The van der Waals surface area contributed by atoms with E-state index in [0.29, 0.717) is 4.75 Å². The molecule has 0 bridgehead atoms. The highest BCUT2D eigenvalue weighted by Gasteiger charge is 2.23. The highest BCUT2D eigenvalue weighted by molar-refractivity contribution is 8.00. The molecule has 1 aliphatic heterocycles. The third kappa shape index (κ3) is 4.51. The van der Waals surface area contributed by atoms with Crippen molar-refractivity contribution in [2.24, 2.45) is 5.73 Å². The van der Waals surface area contributed by atoms with Crippen LogP contribution < -0.4 is 5.73 Å². The Balaban J connectivity index is 2.01. The molecule has 1 aliphatic rings. The number of thioether (sulfide) groups is 1. The second-order valence-corrected chi connectivity index (χ2v) is 7.74. The van der Waals surface area contributed by atoms with Crippen LogP contribution in [0.2, 0.25) is 0 Å². The lowest BCUT2D eigenvalue weighted by atomic mass is 10.0. The Labute approximate surface area is 121 Å². The Bertz CT molecular complexity index is 403. The summed E-state index contributed by atoms with van der Waals surface area (Å²) in [5.41, 5.74) is 8.58. The van der Waals surface area contributed by atoms with Gasteiger partial charge in [-0.2, -0.15) is 11.8 Å². The largest absolute Gasteiger partial charge is 0.330 e. The molecule has 0 aromatic heterocycles. The van der Waals surface area contributed by atoms with E-state index >= 15 is 0 Å². The van der Waals surface area contributed by atoms with Crippen LogP contribution in [-0.4, -0.2) is 35.0 Å². The van der Waals surface area contributed by atoms with Gasteiger partial charge >= 0.3 is 0 Å². The quantitative estimate of drug-likeness (QED) is 0.918. The molecule has 0 amide bonds. The van der Waals surface area contributed by atoms with E-state index in [4.69, 9.17) is 5.73 Å². The van der Waals surface area contributed by atoms with Crippen LogP contribution in [0.5, 0.6) is 0 Å². The Hall–Kier alpha value is -0.510. The first kappa shape index (κ1) is 14.9. The number of benzene rings is 1. The fourth-order valence-electron chi connectivity index (χ4n) is 2.57. The first-order valence-corrected chi connectivity index (χ1v) is 8.22. The van der Waals surface area contributed by atoms with Crippen molar-refractivity contribution in [1.82, 2.24) is 4.90 Å². The molecular weight excluding hydrogens is 252 g/mol. The molecule has 2 N–H and O–H groups in total. The molecule has 1 saturated heterocycles. The third-order valence-corrected chi connectivity index (χ3v) is 5.23. The summed E-state index contributed by atoms with van der Waals surface area (Å²) in [4.78, 5) is 2.59. The average Bonchev–Trinajstić information content (AvgIpc) is 2.54. The van der Waals surface area contributed by atoms with Gasteiger partial charge in [-0.25, -0.2) is 0 Å². The molecule has 106 valence electrons. The zero-order valence-corrected chi connectivity index (χ0v) is 13.0. The predicted octanol–water partition coefficient (Wildman–Crippen LogP) is 2.91. The molecule has 1 aromatic rings. The van der Waals surface area contributed by atoms with Gasteiger partial charge in [0.1, 0.15) is 0 Å². The van der Waals surface area contributed by atoms with Crippen LogP contribution in [0.1, 0.15) is 31.4 Å². The van der Waals surface area contributed by atoms with Gasteiger partial charge in [0.15, 0.2) is 0 Å². The predicted molar refractivity (Wildman–Crippen MR) is 85.6 cm³/mol. The van der Waals surface area contributed by atoms with E-state index in [1.807, 2.05) is 0 Å². The van der Waals surface area contributed by atoms with Gasteiger partial charge in [0.25, 0.3) is 0 Å². The Kier molecular flexibility index (Phi) is 5.31. The lowest BCUT2D eigenvalue weighted by Gasteiger charge is -2.23. The first-order valence-electron chi connectivity index (χ1n) is 7.24. The topological polar surface area (TPSA) is 29.3 Å². The zero-order valence-electron chi connectivity index (χ0n) is 12.2. The van der Waals surface area contributed by atoms with E-state index in [2.05, 4.69) is 54.8 Å². The van der Waals surface area contributed by atoms with Crippen molar-refractivity contribution < 1.29 is 0 Å². The van der Waals surface area contributed by atoms with Gasteiger partial charge in [0, 0.05) is 23.6 Å². The summed E-state index contributed by atoms with van der Waals surface area (Å²) >= 11 is 2.11. The summed E-state index contributed by atoms with van der Waals surface area (Å²) in [5.74, 6) is 1.24. The number of hydrogen-bond acceptors (Lipinski definition) is 3. The lowest BCUT2D eigenvalue weighted by Crippen LogP contribution is -2.27. The van der Waals surface area contributed by atoms with E-state index in [0.717, 1.165) is 19.5 Å². The van der Waals surface area contributed by atoms with Crippen molar-refractivity contribution in [2.45, 2.75) is 38.0 Å². The maximum atomic E-state index is 5.71. The normalized spacial score (nSPS) is 20.2. The average molecular weight is 278 g/mol. The van der Waals surface area contributed by atoms with E-state index in [-0.39, 0.29) is 0 Å². The summed E-state index contributed by atoms with van der Waals surface area (Å²) < 4.78 is 0.436. The first-order chi connectivity index (χ1) is 9.11. The minimum absolute atomic E-state index is 0.436. The van der Waals surface area contributed by atoms with Gasteiger partial charge < -0.3 is 5.73 Å². The fourth-order valence-corrected chi connectivity index (χ4v) is 3.71. The third-order valence-electron chi connectivity index (χ3n) is 3.86. The minimum Gasteiger partial charge on any atom is -0.330 e. The van der Waals surface area contributed by atoms with E-state index in [1.165, 1.54) is 36.4 Å². The van der Waals surface area contributed by atoms with E-state index < -0.39 is 0 Å². The van der Waals surface area contributed by atoms with Gasteiger partial charge in [-0.15, -0.1) is 0 Å². The maximum absolute atomic E-state index is 5.71. The van der Waals surface area contributed by atoms with Gasteiger partial charge in [0.05, 0.1) is 0 Å². The summed E-state index contributed by atoms with van der Waals surface area (Å²) in [6.45, 7) is 8.95. The smallest absolute Gasteiger partial charge is 0.0236 e. The highest BCUT2D eigenvalue weighted by atomic mass is 32.2. The molecular formula is C16H26N2S. The number of nitrogens with two attached hydrogens (primary N) is 1. The Morgan fingerprint density at radius 2 is 1.95 bits per heavy atom. The molecule has 1 aromatic carbocycles. The molecule has 0 atom stereocenters. The fraction of sp³-hybridized carbons (Fsp3) is 0.625. The van der Waals surface area contributed by atoms with E-state index in [1.54, 1.807) is 0 Å². The Morgan fingerprint density at radius 3 is 2.68 bits per heavy atom. The standard InChI is InChI=1S/C16H26N2S/c1-16(2)8-10-18(11-12-19-16)13-15-6-4-3-5-14(15)7-9-17/h3-6H,7-13,17H2,1-2H3. The Morgan fingerprint density at radius 1 is 1.21 bits per heavy atom. The maximum Gasteiger partial charge on any atom is 0.0236 e. The van der Waals surface area contributed by atoms with Crippen LogP contribution in [0.4, 0.5) is 0 Å². The van der Waals surface area contributed by atoms with Crippen LogP contribution in [0, 0.1) is 0 Å². The van der Waals surface area contributed by atoms with Crippen LogP contribution in [0.15, 0.2) is 24.3 Å². The molecule has 0 unspecified atom stereocenters. The van der Waals surface area contributed by atoms with Crippen LogP contribution in [-0.2, 0) is 13.0 Å². The van der Waals surface area contributed by atoms with Crippen LogP contribution in [0.3, 0.4) is 0 Å². The second-order valence-electron chi connectivity index (χ2n) is 5.94. The molecule has 19 heavy (non-hydrogen) atoms. The highest BCUT2D eigenvalue weighted by Crippen LogP contribution is 2.31. The zero-order chi connectivity index (χ0) is 13.7. The summed E-state index contributed by atoms with van der Waals surface area (Å²) in [6, 6.07) is 8.74. The van der Waals surface area contributed by atoms with Crippen molar-refractivity contribution in [3.8, 4) is 0 Å². The van der Waals surface area contributed by atoms with Crippen molar-refractivity contribution in [2.75, 3.05) is 25.4 Å². The van der Waals surface area contributed by atoms with Crippen molar-refractivity contribution in [3.63, 3.8) is 0 Å². The summed E-state index contributed by atoms with van der Waals surface area (Å²) in [6.07, 6.45) is 2.26. The molecule has 0 aliphatic carbocycles. The SMILES string of the molecule is CC1(C)CCN(Cc2ccccc2CCN)CCS1. The van der Waals surface area contributed by atoms with Crippen molar-refractivity contribution in [1.29, 1.82) is 0 Å². The van der Waals surface area contributed by atoms with Gasteiger partial charge in [0.2, 0.25) is 0 Å². The molecule has 1 fully saturated rings. The minimum atomic E-state index is 0.436. The van der Waals surface area contributed by atoms with Gasteiger partial charge in [-0.3, -0.25) is 4.90 Å². The number of rotatable bonds is 4. The molecule has 2 rings (SSSR count). The van der Waals surface area contributed by atoms with Gasteiger partial charge in [-0.05, 0) is 37.1 Å². The van der Waals surface area contributed by atoms with Gasteiger partial charge in [-0.1, -0.05) is 38.1 Å². The summed E-state index contributed by atoms with van der Waals surface area (Å²) in [7, 11) is 0. The molecule has 0 radical (unpaired) electrons. The molecule has 2 nitrogen and oxygen atoms in total. The van der Waals surface area contributed by atoms with Crippen LogP contribution >= 0.6 is 11.8 Å². The molecule has 0 spiro atoms. The lowest BCUT2D eigenvalue weighted by molar-refractivity contribution is 0.275.